The molecule has 0 fully saturated rings. The van der Waals surface area contributed by atoms with E-state index in [2.05, 4.69) is 5.09 Å². The molecule has 1 atom stereocenters. The van der Waals surface area contributed by atoms with Crippen molar-refractivity contribution in [2.75, 3.05) is 17.0 Å². The van der Waals surface area contributed by atoms with Gasteiger partial charge in [0.05, 0.1) is 0 Å². The van der Waals surface area contributed by atoms with Crippen molar-refractivity contribution in [1.29, 1.82) is 0 Å². The summed E-state index contributed by atoms with van der Waals surface area (Å²) >= 11 is 1.33. The van der Waals surface area contributed by atoms with Crippen molar-refractivity contribution in [3.05, 3.63) is 60.7 Å². The number of hydrogen-bond donors (Lipinski definition) is 1. The third kappa shape index (κ3) is 5.89. The van der Waals surface area contributed by atoms with Crippen LogP contribution in [0.15, 0.2) is 60.7 Å². The standard InChI is InChI=1S/C18H22NO2PS/c1-16(20)23-15-9-8-14-22(21,18-12-6-3-7-13-18)19-17-10-4-2-5-11-17/h2-7,10-13H,8-9,14-15H2,1H3,(H,19,21). The Kier molecular flexibility index (Phi) is 6.94. The third-order valence-electron chi connectivity index (χ3n) is 3.43. The number of carbonyl (C=O) groups is 1. The van der Waals surface area contributed by atoms with E-state index in [1.807, 2.05) is 60.7 Å². The summed E-state index contributed by atoms with van der Waals surface area (Å²) < 4.78 is 13.5. The lowest BCUT2D eigenvalue weighted by Gasteiger charge is -2.21. The van der Waals surface area contributed by atoms with Gasteiger partial charge >= 0.3 is 0 Å². The van der Waals surface area contributed by atoms with E-state index < -0.39 is 7.29 Å². The summed E-state index contributed by atoms with van der Waals surface area (Å²) in [5, 5.41) is 4.24. The second kappa shape index (κ2) is 8.95. The van der Waals surface area contributed by atoms with Crippen LogP contribution in [0.25, 0.3) is 0 Å². The maximum atomic E-state index is 13.5. The van der Waals surface area contributed by atoms with Crippen LogP contribution in [0.3, 0.4) is 0 Å². The third-order valence-corrected chi connectivity index (χ3v) is 7.03. The number of nitrogens with one attached hydrogen (secondary N) is 1. The zero-order chi connectivity index (χ0) is 16.5. The van der Waals surface area contributed by atoms with Crippen LogP contribution in [-0.4, -0.2) is 17.0 Å². The SMILES string of the molecule is CC(=O)SCCCCP(=O)(Nc1ccccc1)c1ccccc1. The fraction of sp³-hybridized carbons (Fsp3) is 0.278. The van der Waals surface area contributed by atoms with Gasteiger partial charge in [0.25, 0.3) is 0 Å². The lowest BCUT2D eigenvalue weighted by molar-refractivity contribution is -0.109. The molecule has 0 amide bonds. The van der Waals surface area contributed by atoms with Crippen LogP contribution < -0.4 is 10.4 Å². The fourth-order valence-electron chi connectivity index (χ4n) is 2.29. The number of rotatable bonds is 8. The van der Waals surface area contributed by atoms with E-state index in [0.29, 0.717) is 6.16 Å². The van der Waals surface area contributed by atoms with E-state index in [0.717, 1.165) is 29.6 Å². The zero-order valence-corrected chi connectivity index (χ0v) is 15.0. The first-order valence-corrected chi connectivity index (χ1v) is 10.6. The molecule has 0 aliphatic carbocycles. The molecule has 0 aliphatic heterocycles. The summed E-state index contributed by atoms with van der Waals surface area (Å²) in [5.41, 5.74) is 0.873. The minimum atomic E-state index is -2.70. The number of thioether (sulfide) groups is 1. The normalized spacial score (nSPS) is 13.3. The topological polar surface area (TPSA) is 46.2 Å². The average Bonchev–Trinajstić information content (AvgIpc) is 2.56. The number of para-hydroxylation sites is 1. The van der Waals surface area contributed by atoms with Gasteiger partial charge in [0.1, 0.15) is 0 Å². The molecular weight excluding hydrogens is 325 g/mol. The highest BCUT2D eigenvalue weighted by atomic mass is 32.2. The molecule has 2 aromatic carbocycles. The predicted octanol–water partition coefficient (Wildman–Crippen LogP) is 4.76. The number of hydrogen-bond acceptors (Lipinski definition) is 3. The van der Waals surface area contributed by atoms with Gasteiger partial charge in [0.15, 0.2) is 12.4 Å². The quantitative estimate of drug-likeness (QED) is 0.552. The lowest BCUT2D eigenvalue weighted by atomic mass is 10.3. The molecule has 2 rings (SSSR count). The van der Waals surface area contributed by atoms with E-state index in [1.165, 1.54) is 11.8 Å². The molecular formula is C18H22NO2PS. The molecule has 5 heteroatoms. The minimum Gasteiger partial charge on any atom is -0.333 e. The fourth-order valence-corrected chi connectivity index (χ4v) is 5.32. The monoisotopic (exact) mass is 347 g/mol. The maximum absolute atomic E-state index is 13.5. The van der Waals surface area contributed by atoms with Gasteiger partial charge < -0.3 is 5.09 Å². The molecule has 0 bridgehead atoms. The summed E-state index contributed by atoms with van der Waals surface area (Å²) in [6.45, 7) is 1.58. The molecule has 0 saturated heterocycles. The Hall–Kier alpha value is -1.51. The number of benzene rings is 2. The van der Waals surface area contributed by atoms with Crippen molar-refractivity contribution in [2.45, 2.75) is 19.8 Å². The Bertz CT molecular complexity index is 661. The first-order chi connectivity index (χ1) is 11.1. The first-order valence-electron chi connectivity index (χ1n) is 7.71. The Labute approximate surface area is 142 Å². The van der Waals surface area contributed by atoms with Gasteiger partial charge in [-0.15, -0.1) is 0 Å². The van der Waals surface area contributed by atoms with Crippen molar-refractivity contribution >= 4 is 35.2 Å². The molecule has 0 saturated carbocycles. The van der Waals surface area contributed by atoms with Crippen molar-refractivity contribution in [1.82, 2.24) is 0 Å². The highest BCUT2D eigenvalue weighted by molar-refractivity contribution is 8.13. The van der Waals surface area contributed by atoms with Crippen LogP contribution in [0.2, 0.25) is 0 Å². The van der Waals surface area contributed by atoms with Gasteiger partial charge in [-0.1, -0.05) is 48.2 Å². The molecule has 3 nitrogen and oxygen atoms in total. The van der Waals surface area contributed by atoms with Gasteiger partial charge in [0.2, 0.25) is 0 Å². The maximum Gasteiger partial charge on any atom is 0.198 e. The summed E-state index contributed by atoms with van der Waals surface area (Å²) in [6, 6.07) is 19.3. The summed E-state index contributed by atoms with van der Waals surface area (Å²) in [5.74, 6) is 0.787. The molecule has 1 unspecified atom stereocenters. The van der Waals surface area contributed by atoms with Crippen LogP contribution >= 0.6 is 19.1 Å². The van der Waals surface area contributed by atoms with Crippen LogP contribution in [0.5, 0.6) is 0 Å². The number of anilines is 1. The van der Waals surface area contributed by atoms with Crippen LogP contribution in [-0.2, 0) is 9.36 Å². The van der Waals surface area contributed by atoms with Crippen molar-refractivity contribution < 1.29 is 9.36 Å². The predicted molar refractivity (Wildman–Crippen MR) is 101 cm³/mol. The van der Waals surface area contributed by atoms with E-state index in [4.69, 9.17) is 0 Å². The highest BCUT2D eigenvalue weighted by Crippen LogP contribution is 2.45. The molecule has 0 aromatic heterocycles. The average molecular weight is 347 g/mol. The Morgan fingerprint density at radius 1 is 1.00 bits per heavy atom. The summed E-state index contributed by atoms with van der Waals surface area (Å²) in [4.78, 5) is 11.0. The second-order valence-corrected chi connectivity index (χ2v) is 9.26. The molecule has 1 N–H and O–H groups in total. The Morgan fingerprint density at radius 3 is 2.22 bits per heavy atom. The van der Waals surface area contributed by atoms with Gasteiger partial charge in [-0.3, -0.25) is 9.36 Å². The lowest BCUT2D eigenvalue weighted by Crippen LogP contribution is -2.14. The van der Waals surface area contributed by atoms with Crippen molar-refractivity contribution in [3.8, 4) is 0 Å². The molecule has 0 heterocycles. The smallest absolute Gasteiger partial charge is 0.198 e. The second-order valence-electron chi connectivity index (χ2n) is 5.32. The zero-order valence-electron chi connectivity index (χ0n) is 13.3. The molecule has 2 aromatic rings. The number of unbranched alkanes of at least 4 members (excludes halogenated alkanes) is 1. The Balaban J connectivity index is 2.06. The molecule has 122 valence electrons. The van der Waals surface area contributed by atoms with Crippen molar-refractivity contribution in [2.24, 2.45) is 0 Å². The minimum absolute atomic E-state index is 0.138. The number of carbonyl (C=O) groups excluding carboxylic acids is 1. The van der Waals surface area contributed by atoms with Gasteiger partial charge in [-0.05, 0) is 37.1 Å². The van der Waals surface area contributed by atoms with Crippen LogP contribution in [0.1, 0.15) is 19.8 Å². The first kappa shape index (κ1) is 17.8. The van der Waals surface area contributed by atoms with Gasteiger partial charge in [0, 0.05) is 29.8 Å². The van der Waals surface area contributed by atoms with Crippen molar-refractivity contribution in [3.63, 3.8) is 0 Å². The largest absolute Gasteiger partial charge is 0.333 e. The van der Waals surface area contributed by atoms with E-state index in [9.17, 15) is 9.36 Å². The van der Waals surface area contributed by atoms with Crippen LogP contribution in [0.4, 0.5) is 5.69 Å². The van der Waals surface area contributed by atoms with E-state index >= 15 is 0 Å². The summed E-state index contributed by atoms with van der Waals surface area (Å²) in [6.07, 6.45) is 2.30. The van der Waals surface area contributed by atoms with Gasteiger partial charge in [-0.25, -0.2) is 0 Å². The van der Waals surface area contributed by atoms with E-state index in [-0.39, 0.29) is 5.12 Å². The molecule has 23 heavy (non-hydrogen) atoms. The Morgan fingerprint density at radius 2 is 1.61 bits per heavy atom. The summed E-state index contributed by atoms with van der Waals surface area (Å²) in [7, 11) is -2.70. The molecule has 0 radical (unpaired) electrons. The molecule has 0 spiro atoms. The van der Waals surface area contributed by atoms with Crippen LogP contribution in [0, 0.1) is 0 Å². The van der Waals surface area contributed by atoms with E-state index in [1.54, 1.807) is 6.92 Å². The highest BCUT2D eigenvalue weighted by Gasteiger charge is 2.23. The van der Waals surface area contributed by atoms with Gasteiger partial charge in [-0.2, -0.15) is 0 Å². The molecule has 0 aliphatic rings.